The SMILES string of the molecule is CCCn1c(C)ccc(-c2noc(CCC(=O)Nc3ccc(Cl)cc3)n2)c1=O. The number of rotatable bonds is 7. The third-order valence-electron chi connectivity index (χ3n) is 4.24. The minimum atomic E-state index is -0.178. The number of nitrogens with zero attached hydrogens (tertiary/aromatic N) is 3. The molecule has 1 amide bonds. The van der Waals surface area contributed by atoms with E-state index in [1.807, 2.05) is 19.9 Å². The molecule has 0 unspecified atom stereocenters. The first-order chi connectivity index (χ1) is 13.5. The van der Waals surface area contributed by atoms with E-state index in [9.17, 15) is 9.59 Å². The lowest BCUT2D eigenvalue weighted by Crippen LogP contribution is -2.23. The van der Waals surface area contributed by atoms with Crippen molar-refractivity contribution in [1.29, 1.82) is 0 Å². The van der Waals surface area contributed by atoms with Crippen LogP contribution < -0.4 is 10.9 Å². The van der Waals surface area contributed by atoms with E-state index in [-0.39, 0.29) is 30.1 Å². The maximum absolute atomic E-state index is 12.7. The molecule has 0 bridgehead atoms. The summed E-state index contributed by atoms with van der Waals surface area (Å²) in [6.07, 6.45) is 1.31. The highest BCUT2D eigenvalue weighted by atomic mass is 35.5. The summed E-state index contributed by atoms with van der Waals surface area (Å²) in [4.78, 5) is 29.0. The Morgan fingerprint density at radius 1 is 1.21 bits per heavy atom. The van der Waals surface area contributed by atoms with Gasteiger partial charge in [0.15, 0.2) is 0 Å². The molecule has 2 heterocycles. The first-order valence-electron chi connectivity index (χ1n) is 9.06. The standard InChI is InChI=1S/C20H21ClN4O3/c1-3-12-25-13(2)4-9-16(20(25)27)19-23-18(28-24-19)11-10-17(26)22-15-7-5-14(21)6-8-15/h4-9H,3,10-12H2,1-2H3,(H,22,26). The maximum Gasteiger partial charge on any atom is 0.261 e. The zero-order chi connectivity index (χ0) is 20.1. The molecule has 0 radical (unpaired) electrons. The molecule has 0 aliphatic heterocycles. The van der Waals surface area contributed by atoms with Crippen LogP contribution in [0.2, 0.25) is 5.02 Å². The van der Waals surface area contributed by atoms with Gasteiger partial charge in [-0.05, 0) is 49.7 Å². The van der Waals surface area contributed by atoms with Crippen molar-refractivity contribution in [2.45, 2.75) is 39.7 Å². The number of nitrogens with one attached hydrogen (secondary N) is 1. The van der Waals surface area contributed by atoms with Gasteiger partial charge in [0, 0.05) is 35.8 Å². The Labute approximate surface area is 167 Å². The monoisotopic (exact) mass is 400 g/mol. The van der Waals surface area contributed by atoms with Crippen molar-refractivity contribution < 1.29 is 9.32 Å². The van der Waals surface area contributed by atoms with E-state index in [0.29, 0.717) is 28.7 Å². The van der Waals surface area contributed by atoms with Crippen molar-refractivity contribution in [1.82, 2.24) is 14.7 Å². The largest absolute Gasteiger partial charge is 0.339 e. The fourth-order valence-electron chi connectivity index (χ4n) is 2.79. The van der Waals surface area contributed by atoms with Crippen molar-refractivity contribution in [3.05, 3.63) is 63.4 Å². The molecule has 146 valence electrons. The quantitative estimate of drug-likeness (QED) is 0.650. The predicted molar refractivity (Wildman–Crippen MR) is 107 cm³/mol. The fraction of sp³-hybridized carbons (Fsp3) is 0.300. The molecule has 0 atom stereocenters. The van der Waals surface area contributed by atoms with Gasteiger partial charge in [-0.15, -0.1) is 0 Å². The summed E-state index contributed by atoms with van der Waals surface area (Å²) >= 11 is 5.83. The van der Waals surface area contributed by atoms with Gasteiger partial charge in [0.1, 0.15) is 0 Å². The van der Waals surface area contributed by atoms with Gasteiger partial charge in [0.05, 0.1) is 5.56 Å². The number of aromatic nitrogens is 3. The lowest BCUT2D eigenvalue weighted by molar-refractivity contribution is -0.116. The first kappa shape index (κ1) is 19.8. The Morgan fingerprint density at radius 3 is 2.68 bits per heavy atom. The van der Waals surface area contributed by atoms with E-state index in [4.69, 9.17) is 16.1 Å². The highest BCUT2D eigenvalue weighted by Gasteiger charge is 2.15. The number of anilines is 1. The summed E-state index contributed by atoms with van der Waals surface area (Å²) in [5, 5.41) is 7.28. The van der Waals surface area contributed by atoms with Crippen LogP contribution in [0.3, 0.4) is 0 Å². The first-order valence-corrected chi connectivity index (χ1v) is 9.44. The molecule has 1 N–H and O–H groups in total. The van der Waals surface area contributed by atoms with Crippen molar-refractivity contribution in [3.63, 3.8) is 0 Å². The van der Waals surface area contributed by atoms with E-state index in [1.165, 1.54) is 0 Å². The van der Waals surface area contributed by atoms with Gasteiger partial charge >= 0.3 is 0 Å². The molecule has 2 aromatic heterocycles. The minimum absolute atomic E-state index is 0.144. The van der Waals surface area contributed by atoms with Crippen molar-refractivity contribution in [3.8, 4) is 11.4 Å². The van der Waals surface area contributed by atoms with Gasteiger partial charge in [-0.3, -0.25) is 9.59 Å². The Hall–Kier alpha value is -2.93. The van der Waals surface area contributed by atoms with Gasteiger partial charge in [-0.25, -0.2) is 0 Å². The second-order valence-electron chi connectivity index (χ2n) is 6.41. The van der Waals surface area contributed by atoms with Crippen LogP contribution in [0.15, 0.2) is 45.7 Å². The van der Waals surface area contributed by atoms with Crippen LogP contribution in [0.1, 0.15) is 31.4 Å². The van der Waals surface area contributed by atoms with Gasteiger partial charge < -0.3 is 14.4 Å². The molecule has 28 heavy (non-hydrogen) atoms. The number of amides is 1. The Bertz CT molecular complexity index is 1020. The molecular weight excluding hydrogens is 380 g/mol. The molecule has 0 fully saturated rings. The zero-order valence-corrected chi connectivity index (χ0v) is 16.5. The number of carbonyl (C=O) groups excluding carboxylic acids is 1. The molecule has 0 saturated carbocycles. The number of hydrogen-bond acceptors (Lipinski definition) is 5. The average molecular weight is 401 g/mol. The number of carbonyl (C=O) groups is 1. The molecule has 7 nitrogen and oxygen atoms in total. The summed E-state index contributed by atoms with van der Waals surface area (Å²) in [5.74, 6) is 0.369. The van der Waals surface area contributed by atoms with Gasteiger partial charge in [-0.1, -0.05) is 23.7 Å². The number of benzene rings is 1. The molecule has 0 spiro atoms. The third-order valence-corrected chi connectivity index (χ3v) is 4.49. The number of hydrogen-bond donors (Lipinski definition) is 1. The fourth-order valence-corrected chi connectivity index (χ4v) is 2.91. The zero-order valence-electron chi connectivity index (χ0n) is 15.7. The third kappa shape index (κ3) is 4.67. The molecule has 1 aromatic carbocycles. The predicted octanol–water partition coefficient (Wildman–Crippen LogP) is 3.84. The van der Waals surface area contributed by atoms with Crippen LogP contribution in [-0.2, 0) is 17.8 Å². The summed E-state index contributed by atoms with van der Waals surface area (Å²) in [5.41, 5.74) is 1.80. The summed E-state index contributed by atoms with van der Waals surface area (Å²) < 4.78 is 6.91. The summed E-state index contributed by atoms with van der Waals surface area (Å²) in [7, 11) is 0. The van der Waals surface area contributed by atoms with Gasteiger partial charge in [0.25, 0.3) is 5.56 Å². The van der Waals surface area contributed by atoms with Crippen LogP contribution in [0.4, 0.5) is 5.69 Å². The van der Waals surface area contributed by atoms with Crippen LogP contribution >= 0.6 is 11.6 Å². The molecule has 0 saturated heterocycles. The molecular formula is C20H21ClN4O3. The lowest BCUT2D eigenvalue weighted by atomic mass is 10.2. The highest BCUT2D eigenvalue weighted by Crippen LogP contribution is 2.15. The Kier molecular flexibility index (Phi) is 6.26. The number of halogens is 1. The number of aryl methyl sites for hydroxylation is 2. The normalized spacial score (nSPS) is 10.8. The van der Waals surface area contributed by atoms with E-state index < -0.39 is 0 Å². The molecule has 3 rings (SSSR count). The van der Waals surface area contributed by atoms with Crippen LogP contribution in [0, 0.1) is 6.92 Å². The Morgan fingerprint density at radius 2 is 1.96 bits per heavy atom. The highest BCUT2D eigenvalue weighted by molar-refractivity contribution is 6.30. The summed E-state index contributed by atoms with van der Waals surface area (Å²) in [6, 6.07) is 10.4. The van der Waals surface area contributed by atoms with Gasteiger partial charge in [0.2, 0.25) is 17.6 Å². The van der Waals surface area contributed by atoms with Crippen LogP contribution in [0.25, 0.3) is 11.4 Å². The van der Waals surface area contributed by atoms with Crippen molar-refractivity contribution in [2.75, 3.05) is 5.32 Å². The van der Waals surface area contributed by atoms with E-state index in [1.54, 1.807) is 34.9 Å². The smallest absolute Gasteiger partial charge is 0.261 e. The Balaban J connectivity index is 1.66. The lowest BCUT2D eigenvalue weighted by Gasteiger charge is -2.09. The average Bonchev–Trinajstić information content (AvgIpc) is 3.14. The molecule has 0 aliphatic rings. The van der Waals surface area contributed by atoms with Crippen molar-refractivity contribution in [2.24, 2.45) is 0 Å². The van der Waals surface area contributed by atoms with Gasteiger partial charge in [-0.2, -0.15) is 4.98 Å². The molecule has 8 heteroatoms. The second kappa shape index (κ2) is 8.84. The number of pyridine rings is 1. The van der Waals surface area contributed by atoms with Crippen LogP contribution in [-0.4, -0.2) is 20.6 Å². The van der Waals surface area contributed by atoms with Crippen molar-refractivity contribution >= 4 is 23.2 Å². The topological polar surface area (TPSA) is 90.0 Å². The van der Waals surface area contributed by atoms with E-state index >= 15 is 0 Å². The molecule has 3 aromatic rings. The van der Waals surface area contributed by atoms with E-state index in [0.717, 1.165) is 12.1 Å². The summed E-state index contributed by atoms with van der Waals surface area (Å²) in [6.45, 7) is 4.54. The molecule has 0 aliphatic carbocycles. The van der Waals surface area contributed by atoms with Crippen LogP contribution in [0.5, 0.6) is 0 Å². The minimum Gasteiger partial charge on any atom is -0.339 e. The maximum atomic E-state index is 12.7. The second-order valence-corrected chi connectivity index (χ2v) is 6.85. The van der Waals surface area contributed by atoms with E-state index in [2.05, 4.69) is 15.5 Å².